The topological polar surface area (TPSA) is 40.9 Å². The second kappa shape index (κ2) is 5.18. The summed E-state index contributed by atoms with van der Waals surface area (Å²) >= 11 is 0. The van der Waals surface area contributed by atoms with Gasteiger partial charge in [0, 0.05) is 16.7 Å². The number of benzene rings is 3. The van der Waals surface area contributed by atoms with Gasteiger partial charge in [0.2, 0.25) is 0 Å². The second-order valence-electron chi connectivity index (χ2n) is 4.68. The van der Waals surface area contributed by atoms with Gasteiger partial charge in [0.25, 0.3) is 0 Å². The molecule has 0 heterocycles. The van der Waals surface area contributed by atoms with Gasteiger partial charge in [0.15, 0.2) is 0 Å². The van der Waals surface area contributed by atoms with Gasteiger partial charge < -0.3 is 0 Å². The van der Waals surface area contributed by atoms with Crippen LogP contribution in [-0.4, -0.2) is 6.29 Å². The van der Waals surface area contributed by atoms with E-state index in [4.69, 9.17) is 0 Å². The normalized spacial score (nSPS) is 10.3. The maximum absolute atomic E-state index is 14.1. The fraction of sp³-hybridized carbons (Fsp3) is 0. The molecule has 3 rings (SSSR count). The first-order valence-corrected chi connectivity index (χ1v) is 6.41. The van der Waals surface area contributed by atoms with E-state index >= 15 is 0 Å². The fourth-order valence-corrected chi connectivity index (χ4v) is 2.46. The van der Waals surface area contributed by atoms with Crippen molar-refractivity contribution >= 4 is 17.1 Å². The smallest absolute Gasteiger partial charge is 0.150 e. The molecule has 0 unspecified atom stereocenters. The summed E-state index contributed by atoms with van der Waals surface area (Å²) in [6, 6.07) is 17.1. The molecule has 0 saturated carbocycles. The number of hydrogen-bond acceptors (Lipinski definition) is 2. The summed E-state index contributed by atoms with van der Waals surface area (Å²) in [4.78, 5) is 11.0. The number of nitrogens with zero attached hydrogens (tertiary/aromatic N) is 1. The molecular weight excluding hydrogens is 265 g/mol. The standard InChI is InChI=1S/C18H10FNO/c19-17-4-2-1-3-15(17)18-14(10-20)8-7-13-6-5-12(11-21)9-16(13)18/h1-9,11H. The van der Waals surface area contributed by atoms with Crippen LogP contribution in [0.2, 0.25) is 0 Å². The summed E-state index contributed by atoms with van der Waals surface area (Å²) < 4.78 is 14.1. The number of carbonyl (C=O) groups excluding carboxylic acids is 1. The van der Waals surface area contributed by atoms with Gasteiger partial charge in [0.05, 0.1) is 11.6 Å². The summed E-state index contributed by atoms with van der Waals surface area (Å²) in [6.45, 7) is 0. The fourth-order valence-electron chi connectivity index (χ4n) is 2.46. The van der Waals surface area contributed by atoms with Crippen molar-refractivity contribution < 1.29 is 9.18 Å². The van der Waals surface area contributed by atoms with Crippen molar-refractivity contribution in [3.63, 3.8) is 0 Å². The molecule has 0 aromatic heterocycles. The van der Waals surface area contributed by atoms with Crippen LogP contribution in [0.25, 0.3) is 21.9 Å². The van der Waals surface area contributed by atoms with Crippen molar-refractivity contribution in [3.8, 4) is 17.2 Å². The third-order valence-corrected chi connectivity index (χ3v) is 3.45. The number of aldehydes is 1. The van der Waals surface area contributed by atoms with Crippen molar-refractivity contribution in [1.29, 1.82) is 5.26 Å². The highest BCUT2D eigenvalue weighted by Crippen LogP contribution is 2.33. The molecule has 0 atom stereocenters. The minimum absolute atomic E-state index is 0.364. The predicted molar refractivity (Wildman–Crippen MR) is 79.4 cm³/mol. The van der Waals surface area contributed by atoms with Gasteiger partial charge in [-0.1, -0.05) is 36.4 Å². The first-order chi connectivity index (χ1) is 10.2. The Morgan fingerprint density at radius 3 is 2.52 bits per heavy atom. The molecule has 21 heavy (non-hydrogen) atoms. The number of nitriles is 1. The highest BCUT2D eigenvalue weighted by atomic mass is 19.1. The number of halogens is 1. The number of carbonyl (C=O) groups is 1. The maximum Gasteiger partial charge on any atom is 0.150 e. The van der Waals surface area contributed by atoms with E-state index in [0.29, 0.717) is 27.6 Å². The van der Waals surface area contributed by atoms with E-state index in [1.54, 1.807) is 48.5 Å². The Bertz CT molecular complexity index is 893. The molecule has 0 fully saturated rings. The van der Waals surface area contributed by atoms with Crippen LogP contribution < -0.4 is 0 Å². The molecule has 0 aliphatic carbocycles. The van der Waals surface area contributed by atoms with E-state index in [1.807, 2.05) is 0 Å². The Kier molecular flexibility index (Phi) is 3.21. The lowest BCUT2D eigenvalue weighted by Gasteiger charge is -2.10. The molecule has 2 nitrogen and oxygen atoms in total. The summed E-state index contributed by atoms with van der Waals surface area (Å²) in [6.07, 6.45) is 0.740. The van der Waals surface area contributed by atoms with Crippen LogP contribution in [0.5, 0.6) is 0 Å². The lowest BCUT2D eigenvalue weighted by Crippen LogP contribution is -1.91. The number of hydrogen-bond donors (Lipinski definition) is 0. The lowest BCUT2D eigenvalue weighted by atomic mass is 9.92. The van der Waals surface area contributed by atoms with E-state index in [2.05, 4.69) is 6.07 Å². The molecule has 0 saturated heterocycles. The molecule has 0 amide bonds. The molecule has 0 N–H and O–H groups in total. The second-order valence-corrected chi connectivity index (χ2v) is 4.68. The van der Waals surface area contributed by atoms with Crippen LogP contribution >= 0.6 is 0 Å². The van der Waals surface area contributed by atoms with Crippen molar-refractivity contribution in [2.75, 3.05) is 0 Å². The molecule has 3 aromatic carbocycles. The van der Waals surface area contributed by atoms with Crippen LogP contribution in [0.1, 0.15) is 15.9 Å². The van der Waals surface area contributed by atoms with Gasteiger partial charge in [-0.15, -0.1) is 0 Å². The predicted octanol–water partition coefficient (Wildman–Crippen LogP) is 4.33. The molecule has 0 radical (unpaired) electrons. The minimum Gasteiger partial charge on any atom is -0.298 e. The van der Waals surface area contributed by atoms with Crippen LogP contribution in [0.4, 0.5) is 4.39 Å². The Balaban J connectivity index is 2.46. The third kappa shape index (κ3) is 2.17. The zero-order valence-electron chi connectivity index (χ0n) is 11.0. The molecule has 0 aliphatic heterocycles. The highest BCUT2D eigenvalue weighted by molar-refractivity contribution is 6.01. The third-order valence-electron chi connectivity index (χ3n) is 3.45. The van der Waals surface area contributed by atoms with Crippen LogP contribution in [0.15, 0.2) is 54.6 Å². The molecule has 0 spiro atoms. The van der Waals surface area contributed by atoms with Gasteiger partial charge in [-0.25, -0.2) is 4.39 Å². The van der Waals surface area contributed by atoms with Gasteiger partial charge in [-0.2, -0.15) is 5.26 Å². The molecule has 0 bridgehead atoms. The largest absolute Gasteiger partial charge is 0.298 e. The Hall–Kier alpha value is -2.99. The summed E-state index contributed by atoms with van der Waals surface area (Å²) in [7, 11) is 0. The van der Waals surface area contributed by atoms with Gasteiger partial charge >= 0.3 is 0 Å². The Labute approximate surface area is 121 Å². The Morgan fingerprint density at radius 2 is 1.81 bits per heavy atom. The monoisotopic (exact) mass is 275 g/mol. The van der Waals surface area contributed by atoms with E-state index in [1.165, 1.54) is 6.07 Å². The van der Waals surface area contributed by atoms with E-state index < -0.39 is 5.82 Å². The summed E-state index contributed by atoms with van der Waals surface area (Å²) in [5.41, 5.74) is 1.77. The van der Waals surface area contributed by atoms with Crippen molar-refractivity contribution in [1.82, 2.24) is 0 Å². The zero-order valence-corrected chi connectivity index (χ0v) is 11.0. The number of rotatable bonds is 2. The highest BCUT2D eigenvalue weighted by Gasteiger charge is 2.13. The zero-order chi connectivity index (χ0) is 14.8. The van der Waals surface area contributed by atoms with Crippen molar-refractivity contribution in [2.24, 2.45) is 0 Å². The number of fused-ring (bicyclic) bond motifs is 1. The Morgan fingerprint density at radius 1 is 1.05 bits per heavy atom. The van der Waals surface area contributed by atoms with E-state index in [9.17, 15) is 14.4 Å². The molecule has 3 aromatic rings. The maximum atomic E-state index is 14.1. The first kappa shape index (κ1) is 13.0. The minimum atomic E-state index is -0.391. The summed E-state index contributed by atoms with van der Waals surface area (Å²) in [5, 5.41) is 10.9. The summed E-state index contributed by atoms with van der Waals surface area (Å²) in [5.74, 6) is -0.391. The molecule has 3 heteroatoms. The first-order valence-electron chi connectivity index (χ1n) is 6.41. The SMILES string of the molecule is N#Cc1ccc2ccc(C=O)cc2c1-c1ccccc1F. The molecule has 100 valence electrons. The average molecular weight is 275 g/mol. The lowest BCUT2D eigenvalue weighted by molar-refractivity contribution is 0.112. The molecular formula is C18H10FNO. The van der Waals surface area contributed by atoms with Crippen LogP contribution in [0, 0.1) is 17.1 Å². The quantitative estimate of drug-likeness (QED) is 0.653. The molecule has 0 aliphatic rings. The van der Waals surface area contributed by atoms with Gasteiger partial charge in [-0.05, 0) is 29.0 Å². The van der Waals surface area contributed by atoms with Gasteiger partial charge in [0.1, 0.15) is 12.1 Å². The van der Waals surface area contributed by atoms with Crippen LogP contribution in [0.3, 0.4) is 0 Å². The van der Waals surface area contributed by atoms with E-state index in [0.717, 1.165) is 11.7 Å². The average Bonchev–Trinajstić information content (AvgIpc) is 2.54. The van der Waals surface area contributed by atoms with Gasteiger partial charge in [-0.3, -0.25) is 4.79 Å². The van der Waals surface area contributed by atoms with Crippen molar-refractivity contribution in [3.05, 3.63) is 71.5 Å². The van der Waals surface area contributed by atoms with Crippen molar-refractivity contribution in [2.45, 2.75) is 0 Å². The van der Waals surface area contributed by atoms with Crippen LogP contribution in [-0.2, 0) is 0 Å². The van der Waals surface area contributed by atoms with E-state index in [-0.39, 0.29) is 0 Å².